The van der Waals surface area contributed by atoms with E-state index in [0.717, 1.165) is 37.1 Å². The number of aromatic nitrogens is 1. The summed E-state index contributed by atoms with van der Waals surface area (Å²) >= 11 is 0. The molecule has 0 spiro atoms. The topological polar surface area (TPSA) is 33.2 Å². The first-order chi connectivity index (χ1) is 7.27. The summed E-state index contributed by atoms with van der Waals surface area (Å²) in [5, 5.41) is 0. The molecular weight excluding hydrogens is 188 g/mol. The molecule has 3 heteroatoms. The molecule has 2 heterocycles. The molecule has 3 nitrogen and oxygen atoms in total. The van der Waals surface area contributed by atoms with Crippen LogP contribution in [-0.4, -0.2) is 28.9 Å². The molecule has 0 unspecified atom stereocenters. The van der Waals surface area contributed by atoms with Crippen LogP contribution in [0.15, 0.2) is 18.5 Å². The zero-order valence-electron chi connectivity index (χ0n) is 9.07. The third-order valence-electron chi connectivity index (χ3n) is 2.77. The van der Waals surface area contributed by atoms with Crippen molar-refractivity contribution in [1.82, 2.24) is 9.88 Å². The second-order valence-electron chi connectivity index (χ2n) is 4.10. The van der Waals surface area contributed by atoms with E-state index in [0.29, 0.717) is 0 Å². The number of amides is 1. The fourth-order valence-electron chi connectivity index (χ4n) is 1.95. The lowest BCUT2D eigenvalue weighted by Gasteiger charge is -2.26. The highest BCUT2D eigenvalue weighted by Crippen LogP contribution is 2.13. The summed E-state index contributed by atoms with van der Waals surface area (Å²) < 4.78 is 0. The molecule has 1 aliphatic rings. The Hall–Kier alpha value is -1.38. The smallest absolute Gasteiger partial charge is 0.255 e. The molecule has 0 aliphatic carbocycles. The Balaban J connectivity index is 2.12. The van der Waals surface area contributed by atoms with Gasteiger partial charge in [0.25, 0.3) is 5.91 Å². The van der Waals surface area contributed by atoms with Crippen molar-refractivity contribution in [3.63, 3.8) is 0 Å². The predicted octanol–water partition coefficient (Wildman–Crippen LogP) is 2.02. The molecule has 1 fully saturated rings. The number of carbonyl (C=O) groups is 1. The van der Waals surface area contributed by atoms with E-state index < -0.39 is 0 Å². The maximum Gasteiger partial charge on any atom is 0.255 e. The highest BCUT2D eigenvalue weighted by atomic mass is 16.2. The molecule has 1 aromatic rings. The minimum Gasteiger partial charge on any atom is -0.339 e. The lowest BCUT2D eigenvalue weighted by Crippen LogP contribution is -2.35. The Morgan fingerprint density at radius 3 is 2.67 bits per heavy atom. The third-order valence-corrected chi connectivity index (χ3v) is 2.77. The number of hydrogen-bond acceptors (Lipinski definition) is 2. The van der Waals surface area contributed by atoms with Crippen molar-refractivity contribution in [3.8, 4) is 0 Å². The summed E-state index contributed by atoms with van der Waals surface area (Å²) in [5.74, 6) is 0.130. The minimum atomic E-state index is 0.130. The van der Waals surface area contributed by atoms with Crippen molar-refractivity contribution in [2.24, 2.45) is 0 Å². The summed E-state index contributed by atoms with van der Waals surface area (Å²) in [6, 6.07) is 1.91. The van der Waals surface area contributed by atoms with Crippen LogP contribution in [0.3, 0.4) is 0 Å². The Labute approximate surface area is 90.1 Å². The monoisotopic (exact) mass is 204 g/mol. The van der Waals surface area contributed by atoms with Crippen LogP contribution in [-0.2, 0) is 0 Å². The molecule has 0 bridgehead atoms. The van der Waals surface area contributed by atoms with Gasteiger partial charge in [0.05, 0.1) is 5.56 Å². The van der Waals surface area contributed by atoms with E-state index in [4.69, 9.17) is 0 Å². The summed E-state index contributed by atoms with van der Waals surface area (Å²) in [6.07, 6.45) is 6.93. The molecule has 1 aromatic heterocycles. The van der Waals surface area contributed by atoms with Crippen molar-refractivity contribution in [3.05, 3.63) is 29.6 Å². The van der Waals surface area contributed by atoms with Crippen molar-refractivity contribution in [2.45, 2.75) is 26.2 Å². The van der Waals surface area contributed by atoms with Gasteiger partial charge in [-0.05, 0) is 37.8 Å². The van der Waals surface area contributed by atoms with Crippen LogP contribution < -0.4 is 0 Å². The predicted molar refractivity (Wildman–Crippen MR) is 58.7 cm³/mol. The van der Waals surface area contributed by atoms with Crippen LogP contribution in [0.2, 0.25) is 0 Å². The second kappa shape index (κ2) is 4.43. The number of likely N-dealkylation sites (tertiary alicyclic amines) is 1. The molecule has 1 aliphatic heterocycles. The number of carbonyl (C=O) groups excluding carboxylic acids is 1. The van der Waals surface area contributed by atoms with E-state index in [1.807, 2.05) is 17.9 Å². The molecule has 1 saturated heterocycles. The van der Waals surface area contributed by atoms with Crippen LogP contribution in [0.4, 0.5) is 0 Å². The lowest BCUT2D eigenvalue weighted by molar-refractivity contribution is 0.0724. The zero-order valence-corrected chi connectivity index (χ0v) is 9.07. The maximum absolute atomic E-state index is 12.0. The Morgan fingerprint density at radius 1 is 1.27 bits per heavy atom. The molecular formula is C12H16N2O. The van der Waals surface area contributed by atoms with E-state index in [1.165, 1.54) is 6.42 Å². The van der Waals surface area contributed by atoms with Gasteiger partial charge in [0.2, 0.25) is 0 Å². The van der Waals surface area contributed by atoms with Gasteiger partial charge in [-0.15, -0.1) is 0 Å². The summed E-state index contributed by atoms with van der Waals surface area (Å²) in [4.78, 5) is 18.0. The van der Waals surface area contributed by atoms with Crippen LogP contribution >= 0.6 is 0 Å². The fourth-order valence-corrected chi connectivity index (χ4v) is 1.95. The molecule has 2 rings (SSSR count). The number of aryl methyl sites for hydroxylation is 1. The van der Waals surface area contributed by atoms with Crippen molar-refractivity contribution in [2.75, 3.05) is 13.1 Å². The van der Waals surface area contributed by atoms with Crippen molar-refractivity contribution >= 4 is 5.91 Å². The quantitative estimate of drug-likeness (QED) is 0.701. The zero-order chi connectivity index (χ0) is 10.7. The van der Waals surface area contributed by atoms with Gasteiger partial charge in [-0.2, -0.15) is 0 Å². The largest absolute Gasteiger partial charge is 0.339 e. The van der Waals surface area contributed by atoms with E-state index in [1.54, 1.807) is 12.4 Å². The van der Waals surface area contributed by atoms with Gasteiger partial charge in [0.1, 0.15) is 0 Å². The van der Waals surface area contributed by atoms with Crippen LogP contribution in [0, 0.1) is 6.92 Å². The summed E-state index contributed by atoms with van der Waals surface area (Å²) in [7, 11) is 0. The standard InChI is InChI=1S/C12H16N2O/c1-10-7-11(9-13-8-10)12(15)14-5-3-2-4-6-14/h7-9H,2-6H2,1H3. The Morgan fingerprint density at radius 2 is 2.00 bits per heavy atom. The SMILES string of the molecule is Cc1cncc(C(=O)N2CCCCC2)c1. The van der Waals surface area contributed by atoms with E-state index in [9.17, 15) is 4.79 Å². The number of hydrogen-bond donors (Lipinski definition) is 0. The van der Waals surface area contributed by atoms with Gasteiger partial charge >= 0.3 is 0 Å². The fraction of sp³-hybridized carbons (Fsp3) is 0.500. The minimum absolute atomic E-state index is 0.130. The van der Waals surface area contributed by atoms with Gasteiger partial charge in [-0.25, -0.2) is 0 Å². The molecule has 0 atom stereocenters. The Kier molecular flexibility index (Phi) is 2.99. The van der Waals surface area contributed by atoms with Crippen molar-refractivity contribution < 1.29 is 4.79 Å². The molecule has 0 N–H and O–H groups in total. The van der Waals surface area contributed by atoms with E-state index in [-0.39, 0.29) is 5.91 Å². The Bertz CT molecular complexity index is 356. The normalized spacial score (nSPS) is 16.5. The second-order valence-corrected chi connectivity index (χ2v) is 4.10. The van der Waals surface area contributed by atoms with Gasteiger partial charge < -0.3 is 4.90 Å². The maximum atomic E-state index is 12.0. The van der Waals surface area contributed by atoms with Crippen LogP contribution in [0.1, 0.15) is 35.2 Å². The summed E-state index contributed by atoms with van der Waals surface area (Å²) in [5.41, 5.74) is 1.76. The number of rotatable bonds is 1. The average Bonchev–Trinajstić information content (AvgIpc) is 2.29. The third kappa shape index (κ3) is 2.35. The average molecular weight is 204 g/mol. The number of piperidine rings is 1. The van der Waals surface area contributed by atoms with E-state index >= 15 is 0 Å². The molecule has 0 aromatic carbocycles. The highest BCUT2D eigenvalue weighted by molar-refractivity contribution is 5.94. The first kappa shape index (κ1) is 10.1. The molecule has 1 amide bonds. The van der Waals surface area contributed by atoms with E-state index in [2.05, 4.69) is 4.98 Å². The number of pyridine rings is 1. The lowest BCUT2D eigenvalue weighted by atomic mass is 10.1. The molecule has 0 radical (unpaired) electrons. The summed E-state index contributed by atoms with van der Waals surface area (Å²) in [6.45, 7) is 3.75. The van der Waals surface area contributed by atoms with Gasteiger partial charge in [-0.1, -0.05) is 0 Å². The highest BCUT2D eigenvalue weighted by Gasteiger charge is 2.18. The van der Waals surface area contributed by atoms with Gasteiger partial charge in [-0.3, -0.25) is 9.78 Å². The van der Waals surface area contributed by atoms with Crippen LogP contribution in [0.25, 0.3) is 0 Å². The van der Waals surface area contributed by atoms with Gasteiger partial charge in [0, 0.05) is 25.5 Å². The molecule has 15 heavy (non-hydrogen) atoms. The van der Waals surface area contributed by atoms with Crippen molar-refractivity contribution in [1.29, 1.82) is 0 Å². The molecule has 80 valence electrons. The molecule has 0 saturated carbocycles. The first-order valence-corrected chi connectivity index (χ1v) is 5.48. The van der Waals surface area contributed by atoms with Crippen LogP contribution in [0.5, 0.6) is 0 Å². The first-order valence-electron chi connectivity index (χ1n) is 5.48. The number of nitrogens with zero attached hydrogens (tertiary/aromatic N) is 2. The van der Waals surface area contributed by atoms with Gasteiger partial charge in [0.15, 0.2) is 0 Å².